The Balaban J connectivity index is 2.15. The van der Waals surface area contributed by atoms with E-state index in [1.807, 2.05) is 0 Å². The predicted molar refractivity (Wildman–Crippen MR) is 83.5 cm³/mol. The molecule has 1 aromatic rings. The maximum Gasteiger partial charge on any atom is 0.408 e. The number of fused-ring (bicyclic) bond motifs is 1. The molecule has 2 rings (SSSR count). The van der Waals surface area contributed by atoms with E-state index in [0.29, 0.717) is 16.5 Å². The maximum atomic E-state index is 12.5. The third-order valence-corrected chi connectivity index (χ3v) is 3.24. The highest BCUT2D eigenvalue weighted by atomic mass is 35.5. The van der Waals surface area contributed by atoms with Crippen molar-refractivity contribution in [3.63, 3.8) is 0 Å². The van der Waals surface area contributed by atoms with Crippen molar-refractivity contribution in [1.29, 1.82) is 0 Å². The minimum absolute atomic E-state index is 0.0248. The summed E-state index contributed by atoms with van der Waals surface area (Å²) in [6, 6.07) is 4.19. The molecule has 0 aromatic heterocycles. The molecule has 0 bridgehead atoms. The van der Waals surface area contributed by atoms with Gasteiger partial charge in [-0.15, -0.1) is 0 Å². The minimum Gasteiger partial charge on any atom is -0.489 e. The van der Waals surface area contributed by atoms with Gasteiger partial charge in [-0.25, -0.2) is 4.79 Å². The number of rotatable bonds is 1. The number of likely N-dealkylation sites (N-methyl/N-ethyl adjacent to an activating group) is 1. The third-order valence-electron chi connectivity index (χ3n) is 3.01. The highest BCUT2D eigenvalue weighted by Crippen LogP contribution is 2.33. The lowest BCUT2D eigenvalue weighted by molar-refractivity contribution is -0.120. The standard InChI is InChI=1S/C15H19ClN2O4/c1-15(2,3)22-14(20)17-10-8-21-12-6-5-9(16)7-11(12)18(4)13(10)19/h5-7,10H,8H2,1-4H3,(H,17,20). The second kappa shape index (κ2) is 6.04. The van der Waals surface area contributed by atoms with Crippen LogP contribution < -0.4 is 15.0 Å². The average Bonchev–Trinajstić information content (AvgIpc) is 2.50. The SMILES string of the molecule is CN1C(=O)C(NC(=O)OC(C)(C)C)COc2ccc(Cl)cc21. The van der Waals surface area contributed by atoms with Gasteiger partial charge in [0.1, 0.15) is 24.0 Å². The van der Waals surface area contributed by atoms with Gasteiger partial charge in [0.05, 0.1) is 5.69 Å². The van der Waals surface area contributed by atoms with Gasteiger partial charge in [0.25, 0.3) is 5.91 Å². The van der Waals surface area contributed by atoms with Crippen LogP contribution in [0.5, 0.6) is 5.75 Å². The normalized spacial score (nSPS) is 18.1. The molecule has 1 N–H and O–H groups in total. The fraction of sp³-hybridized carbons (Fsp3) is 0.467. The summed E-state index contributed by atoms with van der Waals surface area (Å²) >= 11 is 5.95. The quantitative estimate of drug-likeness (QED) is 0.861. The van der Waals surface area contributed by atoms with Crippen molar-refractivity contribution in [2.75, 3.05) is 18.6 Å². The number of halogens is 1. The molecule has 0 saturated carbocycles. The van der Waals surface area contributed by atoms with Crippen molar-refractivity contribution < 1.29 is 19.1 Å². The molecule has 1 aliphatic rings. The van der Waals surface area contributed by atoms with Crippen LogP contribution in [0.3, 0.4) is 0 Å². The Hall–Kier alpha value is -1.95. The van der Waals surface area contributed by atoms with Gasteiger partial charge in [0.2, 0.25) is 0 Å². The van der Waals surface area contributed by atoms with E-state index in [4.69, 9.17) is 21.1 Å². The van der Waals surface area contributed by atoms with E-state index in [-0.39, 0.29) is 12.5 Å². The van der Waals surface area contributed by atoms with Gasteiger partial charge in [-0.05, 0) is 39.0 Å². The van der Waals surface area contributed by atoms with Crippen LogP contribution >= 0.6 is 11.6 Å². The lowest BCUT2D eigenvalue weighted by atomic mass is 10.2. The van der Waals surface area contributed by atoms with Gasteiger partial charge in [-0.2, -0.15) is 0 Å². The van der Waals surface area contributed by atoms with Crippen LogP contribution in [0.1, 0.15) is 20.8 Å². The molecule has 6 nitrogen and oxygen atoms in total. The molecule has 1 aliphatic heterocycles. The lowest BCUT2D eigenvalue weighted by Crippen LogP contribution is -2.50. The Morgan fingerprint density at radius 3 is 2.77 bits per heavy atom. The first-order valence-corrected chi connectivity index (χ1v) is 7.24. The van der Waals surface area contributed by atoms with Gasteiger partial charge in [-0.3, -0.25) is 4.79 Å². The average molecular weight is 327 g/mol. The van der Waals surface area contributed by atoms with Crippen LogP contribution in [-0.2, 0) is 9.53 Å². The molecule has 1 unspecified atom stereocenters. The minimum atomic E-state index is -0.828. The molecule has 0 radical (unpaired) electrons. The number of anilines is 1. The molecule has 7 heteroatoms. The number of benzene rings is 1. The number of amides is 2. The van der Waals surface area contributed by atoms with E-state index >= 15 is 0 Å². The van der Waals surface area contributed by atoms with E-state index < -0.39 is 17.7 Å². The van der Waals surface area contributed by atoms with Gasteiger partial charge in [0, 0.05) is 12.1 Å². The van der Waals surface area contributed by atoms with Crippen molar-refractivity contribution in [2.45, 2.75) is 32.4 Å². The highest BCUT2D eigenvalue weighted by Gasteiger charge is 2.31. The first-order valence-electron chi connectivity index (χ1n) is 6.87. The Labute approximate surface area is 134 Å². The zero-order valence-electron chi connectivity index (χ0n) is 13.0. The third kappa shape index (κ3) is 3.82. The van der Waals surface area contributed by atoms with E-state index in [1.165, 1.54) is 4.90 Å². The zero-order valence-corrected chi connectivity index (χ0v) is 13.7. The summed E-state index contributed by atoms with van der Waals surface area (Å²) in [6.07, 6.45) is -0.660. The summed E-state index contributed by atoms with van der Waals surface area (Å²) in [5.74, 6) is 0.237. The summed E-state index contributed by atoms with van der Waals surface area (Å²) in [5.41, 5.74) is -0.0767. The van der Waals surface area contributed by atoms with Crippen molar-refractivity contribution in [3.8, 4) is 5.75 Å². The Kier molecular flexibility index (Phi) is 4.51. The smallest absolute Gasteiger partial charge is 0.408 e. The number of nitrogens with zero attached hydrogens (tertiary/aromatic N) is 1. The number of nitrogens with one attached hydrogen (secondary N) is 1. The largest absolute Gasteiger partial charge is 0.489 e. The van der Waals surface area contributed by atoms with Crippen LogP contribution in [0.25, 0.3) is 0 Å². The second-order valence-corrected chi connectivity index (χ2v) is 6.46. The maximum absolute atomic E-state index is 12.5. The van der Waals surface area contributed by atoms with Gasteiger partial charge in [0.15, 0.2) is 0 Å². The first-order chi connectivity index (χ1) is 10.2. The molecule has 0 fully saturated rings. The van der Waals surface area contributed by atoms with Crippen LogP contribution in [-0.4, -0.2) is 37.3 Å². The molecule has 120 valence electrons. The molecule has 22 heavy (non-hydrogen) atoms. The predicted octanol–water partition coefficient (Wildman–Crippen LogP) is 2.59. The molecular weight excluding hydrogens is 308 g/mol. The molecule has 0 saturated heterocycles. The Morgan fingerprint density at radius 2 is 2.14 bits per heavy atom. The van der Waals surface area contributed by atoms with E-state index in [0.717, 1.165) is 0 Å². The number of hydrogen-bond acceptors (Lipinski definition) is 4. The zero-order chi connectivity index (χ0) is 16.5. The molecule has 0 spiro atoms. The van der Waals surface area contributed by atoms with Crippen LogP contribution in [0, 0.1) is 0 Å². The first kappa shape index (κ1) is 16.4. The van der Waals surface area contributed by atoms with Gasteiger partial charge >= 0.3 is 6.09 Å². The summed E-state index contributed by atoms with van der Waals surface area (Å²) in [5, 5.41) is 3.04. The van der Waals surface area contributed by atoms with Crippen molar-refractivity contribution in [1.82, 2.24) is 5.32 Å². The summed E-state index contributed by atoms with van der Waals surface area (Å²) in [4.78, 5) is 25.7. The van der Waals surface area contributed by atoms with Gasteiger partial charge < -0.3 is 19.7 Å². The molecule has 1 heterocycles. The lowest BCUT2D eigenvalue weighted by Gasteiger charge is -2.23. The topological polar surface area (TPSA) is 67.9 Å². The molecule has 1 aromatic carbocycles. The molecular formula is C15H19ClN2O4. The molecule has 2 amide bonds. The van der Waals surface area contributed by atoms with Crippen molar-refractivity contribution in [2.24, 2.45) is 0 Å². The summed E-state index contributed by atoms with van der Waals surface area (Å²) in [6.45, 7) is 5.28. The molecule has 0 aliphatic carbocycles. The van der Waals surface area contributed by atoms with Crippen LogP contribution in [0.15, 0.2) is 18.2 Å². The highest BCUT2D eigenvalue weighted by molar-refractivity contribution is 6.31. The summed E-state index contributed by atoms with van der Waals surface area (Å²) in [7, 11) is 1.61. The van der Waals surface area contributed by atoms with E-state index in [9.17, 15) is 9.59 Å². The molecule has 1 atom stereocenters. The van der Waals surface area contributed by atoms with E-state index in [1.54, 1.807) is 46.0 Å². The number of carbonyl (C=O) groups is 2. The van der Waals surface area contributed by atoms with Gasteiger partial charge in [-0.1, -0.05) is 11.6 Å². The number of ether oxygens (including phenoxy) is 2. The number of alkyl carbamates (subject to hydrolysis) is 1. The summed E-state index contributed by atoms with van der Waals surface area (Å²) < 4.78 is 10.8. The fourth-order valence-corrected chi connectivity index (χ4v) is 2.19. The second-order valence-electron chi connectivity index (χ2n) is 6.02. The fourth-order valence-electron chi connectivity index (χ4n) is 2.02. The van der Waals surface area contributed by atoms with Crippen LogP contribution in [0.4, 0.5) is 10.5 Å². The Morgan fingerprint density at radius 1 is 1.45 bits per heavy atom. The van der Waals surface area contributed by atoms with Crippen molar-refractivity contribution >= 4 is 29.3 Å². The monoisotopic (exact) mass is 326 g/mol. The van der Waals surface area contributed by atoms with E-state index in [2.05, 4.69) is 5.32 Å². The Bertz CT molecular complexity index is 598. The van der Waals surface area contributed by atoms with Crippen molar-refractivity contribution in [3.05, 3.63) is 23.2 Å². The number of hydrogen-bond donors (Lipinski definition) is 1. The number of carbonyl (C=O) groups excluding carboxylic acids is 2. The van der Waals surface area contributed by atoms with Crippen LogP contribution in [0.2, 0.25) is 5.02 Å².